The summed E-state index contributed by atoms with van der Waals surface area (Å²) < 4.78 is 0. The Morgan fingerprint density at radius 1 is 1.11 bits per heavy atom. The van der Waals surface area contributed by atoms with Gasteiger partial charge in [-0.05, 0) is 32.6 Å². The molecule has 0 saturated carbocycles. The summed E-state index contributed by atoms with van der Waals surface area (Å²) in [6.07, 6.45) is 5.54. The molecule has 0 aromatic rings. The zero-order valence-corrected chi connectivity index (χ0v) is 12.6. The number of rotatable bonds is 8. The van der Waals surface area contributed by atoms with Gasteiger partial charge in [0.25, 0.3) is 0 Å². The first-order valence-corrected chi connectivity index (χ1v) is 6.90. The molecule has 18 heavy (non-hydrogen) atoms. The summed E-state index contributed by atoms with van der Waals surface area (Å²) in [5.41, 5.74) is 1.02. The molecular formula is C15H35NO2. The molecule has 0 aliphatic heterocycles. The lowest BCUT2D eigenvalue weighted by atomic mass is 10.2. The molecule has 0 aliphatic rings. The second kappa shape index (κ2) is 29.8. The monoisotopic (exact) mass is 261 g/mol. The largest absolute Gasteiger partial charge is 0.396 e. The first kappa shape index (κ1) is 25.9. The quantitative estimate of drug-likeness (QED) is 0.259. The Hall–Kier alpha value is -0.860. The van der Waals surface area contributed by atoms with Gasteiger partial charge in [-0.1, -0.05) is 47.2 Å². The molecule has 0 aliphatic carbocycles. The number of hydrogen-bond donors (Lipinski definition) is 0. The molecule has 0 unspecified atom stereocenters. The smallest absolute Gasteiger partial charge is 0.119 e. The Kier molecular flexibility index (Phi) is 42.8. The molecule has 0 saturated heterocycles. The highest BCUT2D eigenvalue weighted by Gasteiger charge is 1.90. The first-order valence-electron chi connectivity index (χ1n) is 6.90. The standard InChI is InChI=1S/C10H19NO2.2C2H6.CH4/c1-3-10(2)11-13-9-7-5-4-6-8-12;2*1-2;/h8H,3-7,9H2,1-2H3;2*1-2H3;1H4/b11-10+;;;. The molecule has 0 fully saturated rings. The highest BCUT2D eigenvalue weighted by Crippen LogP contribution is 1.98. The summed E-state index contributed by atoms with van der Waals surface area (Å²) in [5.74, 6) is 0. The Morgan fingerprint density at radius 2 is 1.67 bits per heavy atom. The molecule has 112 valence electrons. The summed E-state index contributed by atoms with van der Waals surface area (Å²) in [6, 6.07) is 0. The summed E-state index contributed by atoms with van der Waals surface area (Å²) in [5, 5.41) is 3.91. The van der Waals surface area contributed by atoms with Crippen molar-refractivity contribution in [2.45, 2.75) is 81.1 Å². The second-order valence-electron chi connectivity index (χ2n) is 3.03. The van der Waals surface area contributed by atoms with Crippen molar-refractivity contribution in [1.29, 1.82) is 0 Å². The maximum atomic E-state index is 9.97. The lowest BCUT2D eigenvalue weighted by Crippen LogP contribution is -1.93. The average Bonchev–Trinajstić information content (AvgIpc) is 2.42. The molecule has 0 bridgehead atoms. The lowest BCUT2D eigenvalue weighted by Gasteiger charge is -1.99. The number of unbranched alkanes of at least 4 members (excludes halogenated alkanes) is 3. The fourth-order valence-electron chi connectivity index (χ4n) is 0.791. The van der Waals surface area contributed by atoms with E-state index in [-0.39, 0.29) is 7.43 Å². The second-order valence-corrected chi connectivity index (χ2v) is 3.03. The molecule has 0 rings (SSSR count). The van der Waals surface area contributed by atoms with Crippen molar-refractivity contribution in [3.63, 3.8) is 0 Å². The number of carbonyl (C=O) groups excluding carboxylic acids is 1. The molecule has 0 aromatic carbocycles. The molecule has 0 spiro atoms. The van der Waals surface area contributed by atoms with Gasteiger partial charge >= 0.3 is 0 Å². The fraction of sp³-hybridized carbons (Fsp3) is 0.867. The van der Waals surface area contributed by atoms with Crippen LogP contribution in [0.25, 0.3) is 0 Å². The molecule has 3 heteroatoms. The van der Waals surface area contributed by atoms with Crippen LogP contribution in [0.4, 0.5) is 0 Å². The third-order valence-electron chi connectivity index (χ3n) is 1.79. The van der Waals surface area contributed by atoms with E-state index in [0.29, 0.717) is 13.0 Å². The zero-order valence-electron chi connectivity index (χ0n) is 12.6. The van der Waals surface area contributed by atoms with Crippen LogP contribution in [0.1, 0.15) is 81.1 Å². The highest BCUT2D eigenvalue weighted by molar-refractivity contribution is 5.80. The predicted octanol–water partition coefficient (Wildman–Crippen LogP) is 5.24. The van der Waals surface area contributed by atoms with E-state index in [4.69, 9.17) is 4.84 Å². The van der Waals surface area contributed by atoms with Crippen LogP contribution >= 0.6 is 0 Å². The van der Waals surface area contributed by atoms with Crippen molar-refractivity contribution in [2.75, 3.05) is 6.61 Å². The van der Waals surface area contributed by atoms with Crippen LogP contribution in [0.3, 0.4) is 0 Å². The topological polar surface area (TPSA) is 38.7 Å². The van der Waals surface area contributed by atoms with Crippen molar-refractivity contribution in [3.05, 3.63) is 0 Å². The van der Waals surface area contributed by atoms with Gasteiger partial charge in [0, 0.05) is 6.42 Å². The third-order valence-corrected chi connectivity index (χ3v) is 1.79. The molecule has 0 radical (unpaired) electrons. The van der Waals surface area contributed by atoms with E-state index >= 15 is 0 Å². The summed E-state index contributed by atoms with van der Waals surface area (Å²) in [6.45, 7) is 12.7. The van der Waals surface area contributed by atoms with Crippen LogP contribution in [0.2, 0.25) is 0 Å². The Balaban J connectivity index is -0.000000177. The molecule has 0 aromatic heterocycles. The number of hydrogen-bond acceptors (Lipinski definition) is 3. The average molecular weight is 261 g/mol. The van der Waals surface area contributed by atoms with E-state index in [2.05, 4.69) is 5.16 Å². The Labute approximate surface area is 115 Å². The highest BCUT2D eigenvalue weighted by atomic mass is 16.6. The number of nitrogens with zero attached hydrogens (tertiary/aromatic N) is 1. The SMILES string of the molecule is C.CC.CC.CC/C(C)=N/OCCCCCC=O. The zero-order chi connectivity index (χ0) is 13.9. The van der Waals surface area contributed by atoms with Crippen molar-refractivity contribution in [2.24, 2.45) is 5.16 Å². The fourth-order valence-corrected chi connectivity index (χ4v) is 0.791. The normalized spacial score (nSPS) is 8.89. The van der Waals surface area contributed by atoms with Crippen molar-refractivity contribution in [1.82, 2.24) is 0 Å². The summed E-state index contributed by atoms with van der Waals surface area (Å²) >= 11 is 0. The molecule has 0 atom stereocenters. The minimum absolute atomic E-state index is 0. The van der Waals surface area contributed by atoms with Gasteiger partial charge in [0.05, 0.1) is 5.71 Å². The number of oxime groups is 1. The predicted molar refractivity (Wildman–Crippen MR) is 83.3 cm³/mol. The van der Waals surface area contributed by atoms with Crippen LogP contribution in [0.5, 0.6) is 0 Å². The summed E-state index contributed by atoms with van der Waals surface area (Å²) in [4.78, 5) is 15.0. The van der Waals surface area contributed by atoms with E-state index in [1.165, 1.54) is 0 Å². The molecular weight excluding hydrogens is 226 g/mol. The first-order chi connectivity index (χ1) is 8.31. The Bertz CT molecular complexity index is 157. The van der Waals surface area contributed by atoms with Crippen LogP contribution in [0, 0.1) is 0 Å². The van der Waals surface area contributed by atoms with Gasteiger partial charge < -0.3 is 9.63 Å². The van der Waals surface area contributed by atoms with Crippen LogP contribution < -0.4 is 0 Å². The summed E-state index contributed by atoms with van der Waals surface area (Å²) in [7, 11) is 0. The Morgan fingerprint density at radius 3 is 2.11 bits per heavy atom. The van der Waals surface area contributed by atoms with Gasteiger partial charge in [-0.3, -0.25) is 0 Å². The minimum Gasteiger partial charge on any atom is -0.396 e. The van der Waals surface area contributed by atoms with Gasteiger partial charge in [0.1, 0.15) is 12.9 Å². The van der Waals surface area contributed by atoms with E-state index < -0.39 is 0 Å². The van der Waals surface area contributed by atoms with Crippen LogP contribution in [-0.4, -0.2) is 18.6 Å². The van der Waals surface area contributed by atoms with Gasteiger partial charge in [-0.25, -0.2) is 0 Å². The van der Waals surface area contributed by atoms with Gasteiger partial charge in [0.15, 0.2) is 0 Å². The maximum absolute atomic E-state index is 9.97. The van der Waals surface area contributed by atoms with Crippen LogP contribution in [0.15, 0.2) is 5.16 Å². The van der Waals surface area contributed by atoms with E-state index in [0.717, 1.165) is 37.7 Å². The molecule has 3 nitrogen and oxygen atoms in total. The van der Waals surface area contributed by atoms with E-state index in [9.17, 15) is 4.79 Å². The van der Waals surface area contributed by atoms with E-state index in [1.54, 1.807) is 0 Å². The van der Waals surface area contributed by atoms with Gasteiger partial charge in [-0.15, -0.1) is 0 Å². The van der Waals surface area contributed by atoms with Gasteiger partial charge in [0.2, 0.25) is 0 Å². The van der Waals surface area contributed by atoms with Crippen LogP contribution in [-0.2, 0) is 9.63 Å². The lowest BCUT2D eigenvalue weighted by molar-refractivity contribution is -0.107. The van der Waals surface area contributed by atoms with Crippen molar-refractivity contribution in [3.8, 4) is 0 Å². The number of aldehydes is 1. The molecule has 0 N–H and O–H groups in total. The third kappa shape index (κ3) is 29.4. The van der Waals surface area contributed by atoms with Gasteiger partial charge in [-0.2, -0.15) is 0 Å². The van der Waals surface area contributed by atoms with Crippen molar-refractivity contribution < 1.29 is 9.63 Å². The molecule has 0 heterocycles. The number of carbonyl (C=O) groups is 1. The minimum atomic E-state index is 0. The van der Waals surface area contributed by atoms with Crippen molar-refractivity contribution >= 4 is 12.0 Å². The van der Waals surface area contributed by atoms with E-state index in [1.807, 2.05) is 41.5 Å². The maximum Gasteiger partial charge on any atom is 0.119 e. The molecule has 0 amide bonds.